The monoisotopic (exact) mass is 180 g/mol. The first-order chi connectivity index (χ1) is 4.77. The maximum Gasteiger partial charge on any atom is 0.303 e. The minimum Gasteiger partial charge on any atom is -0.481 e. The van der Waals surface area contributed by atoms with Gasteiger partial charge < -0.3 is 5.11 Å². The normalized spacial score (nSPS) is 9.70. The Hall–Kier alpha value is 0.170. The maximum absolute atomic E-state index is 10.0. The van der Waals surface area contributed by atoms with E-state index in [1.807, 2.05) is 0 Å². The Morgan fingerprint density at radius 1 is 1.50 bits per heavy atom. The number of thiol groups is 1. The first-order valence-electron chi connectivity index (χ1n) is 3.17. The van der Waals surface area contributed by atoms with E-state index in [1.165, 1.54) is 0 Å². The molecular formula is C6H12O2S2. The van der Waals surface area contributed by atoms with Crippen molar-refractivity contribution in [1.29, 1.82) is 0 Å². The molecule has 60 valence electrons. The Labute approximate surface area is 70.8 Å². The summed E-state index contributed by atoms with van der Waals surface area (Å²) in [6.07, 6.45) is 2.07. The molecule has 0 radical (unpaired) electrons. The molecule has 0 spiro atoms. The Kier molecular flexibility index (Phi) is 7.40. The van der Waals surface area contributed by atoms with Gasteiger partial charge in [0.1, 0.15) is 0 Å². The van der Waals surface area contributed by atoms with Crippen LogP contribution >= 0.6 is 24.4 Å². The summed E-state index contributed by atoms with van der Waals surface area (Å²) >= 11 is 5.74. The van der Waals surface area contributed by atoms with Crippen LogP contribution in [0.25, 0.3) is 0 Å². The average molecular weight is 180 g/mol. The lowest BCUT2D eigenvalue weighted by Crippen LogP contribution is -1.94. The van der Waals surface area contributed by atoms with Gasteiger partial charge in [-0.3, -0.25) is 4.79 Å². The van der Waals surface area contributed by atoms with E-state index in [2.05, 4.69) is 12.6 Å². The van der Waals surface area contributed by atoms with Crippen LogP contribution in [0.3, 0.4) is 0 Å². The number of carbonyl (C=O) groups is 1. The highest BCUT2D eigenvalue weighted by molar-refractivity contribution is 8.09. The smallest absolute Gasteiger partial charge is 0.303 e. The summed E-state index contributed by atoms with van der Waals surface area (Å²) in [5.74, 6) is 0.326. The molecule has 0 fully saturated rings. The second kappa shape index (κ2) is 7.28. The fourth-order valence-electron chi connectivity index (χ4n) is 0.545. The number of thioether (sulfide) groups is 1. The van der Waals surface area contributed by atoms with E-state index >= 15 is 0 Å². The van der Waals surface area contributed by atoms with Crippen molar-refractivity contribution in [2.75, 3.05) is 10.8 Å². The van der Waals surface area contributed by atoms with Crippen LogP contribution < -0.4 is 0 Å². The molecule has 0 bridgehead atoms. The molecule has 0 unspecified atom stereocenters. The summed E-state index contributed by atoms with van der Waals surface area (Å²) in [6.45, 7) is 0. The van der Waals surface area contributed by atoms with Gasteiger partial charge in [0.15, 0.2) is 0 Å². The zero-order valence-electron chi connectivity index (χ0n) is 5.75. The number of unbranched alkanes of at least 4 members (excludes halogenated alkanes) is 1. The molecule has 2 nitrogen and oxygen atoms in total. The molecule has 10 heavy (non-hydrogen) atoms. The molecule has 0 aliphatic rings. The van der Waals surface area contributed by atoms with Crippen LogP contribution in [0.1, 0.15) is 19.3 Å². The van der Waals surface area contributed by atoms with Gasteiger partial charge in [-0.05, 0) is 18.6 Å². The highest BCUT2D eigenvalue weighted by atomic mass is 32.2. The predicted molar refractivity (Wildman–Crippen MR) is 47.8 cm³/mol. The lowest BCUT2D eigenvalue weighted by molar-refractivity contribution is -0.137. The van der Waals surface area contributed by atoms with Gasteiger partial charge in [-0.15, -0.1) is 0 Å². The topological polar surface area (TPSA) is 37.3 Å². The molecule has 0 saturated carbocycles. The summed E-state index contributed by atoms with van der Waals surface area (Å²) in [4.78, 5) is 10.0. The molecule has 0 aromatic heterocycles. The molecule has 0 aromatic rings. The van der Waals surface area contributed by atoms with Gasteiger partial charge in [-0.2, -0.15) is 24.4 Å². The number of carboxylic acids is 1. The third kappa shape index (κ3) is 8.17. The van der Waals surface area contributed by atoms with Gasteiger partial charge in [0.2, 0.25) is 0 Å². The van der Waals surface area contributed by atoms with Crippen LogP contribution in [0.15, 0.2) is 0 Å². The fourth-order valence-corrected chi connectivity index (χ4v) is 1.47. The number of rotatable bonds is 6. The molecule has 0 saturated heterocycles. The van der Waals surface area contributed by atoms with Crippen LogP contribution in [0.4, 0.5) is 0 Å². The maximum atomic E-state index is 10.0. The summed E-state index contributed by atoms with van der Waals surface area (Å²) in [6, 6.07) is 0. The highest BCUT2D eigenvalue weighted by Crippen LogP contribution is 2.06. The summed E-state index contributed by atoms with van der Waals surface area (Å²) in [5.41, 5.74) is 0. The van der Waals surface area contributed by atoms with E-state index in [0.29, 0.717) is 6.42 Å². The van der Waals surface area contributed by atoms with Crippen molar-refractivity contribution in [2.45, 2.75) is 19.3 Å². The molecule has 0 amide bonds. The largest absolute Gasteiger partial charge is 0.481 e. The first-order valence-corrected chi connectivity index (χ1v) is 4.96. The minimum absolute atomic E-state index is 0.299. The van der Waals surface area contributed by atoms with E-state index in [9.17, 15) is 4.79 Å². The molecule has 0 atom stereocenters. The highest BCUT2D eigenvalue weighted by Gasteiger charge is 1.94. The molecule has 0 heterocycles. The minimum atomic E-state index is -0.698. The molecule has 4 heteroatoms. The molecule has 0 aromatic carbocycles. The van der Waals surface area contributed by atoms with Crippen LogP contribution in [0.5, 0.6) is 0 Å². The van der Waals surface area contributed by atoms with Crippen LogP contribution in [-0.2, 0) is 4.79 Å². The van der Waals surface area contributed by atoms with Crippen molar-refractivity contribution in [3.05, 3.63) is 0 Å². The quantitative estimate of drug-likeness (QED) is 0.372. The number of hydrogen-bond donors (Lipinski definition) is 2. The SMILES string of the molecule is O=C(O)CCCCSCS. The Morgan fingerprint density at radius 2 is 2.20 bits per heavy atom. The van der Waals surface area contributed by atoms with Gasteiger partial charge in [0, 0.05) is 11.5 Å². The fraction of sp³-hybridized carbons (Fsp3) is 0.833. The Bertz CT molecular complexity index is 95.7. The van der Waals surface area contributed by atoms with Crippen LogP contribution in [0, 0.1) is 0 Å². The van der Waals surface area contributed by atoms with Gasteiger partial charge in [0.25, 0.3) is 0 Å². The number of aliphatic carboxylic acids is 1. The van der Waals surface area contributed by atoms with Crippen molar-refractivity contribution in [2.24, 2.45) is 0 Å². The summed E-state index contributed by atoms with van der Waals surface area (Å²) in [7, 11) is 0. The average Bonchev–Trinajstić information content (AvgIpc) is 1.87. The second-order valence-electron chi connectivity index (χ2n) is 1.89. The van der Waals surface area contributed by atoms with Crippen molar-refractivity contribution >= 4 is 30.4 Å². The summed E-state index contributed by atoms with van der Waals surface area (Å²) < 4.78 is 0. The lowest BCUT2D eigenvalue weighted by atomic mass is 10.3. The zero-order valence-corrected chi connectivity index (χ0v) is 7.46. The van der Waals surface area contributed by atoms with Crippen molar-refractivity contribution in [3.8, 4) is 0 Å². The second-order valence-corrected chi connectivity index (χ2v) is 3.74. The predicted octanol–water partition coefficient (Wildman–Crippen LogP) is 1.86. The molecule has 0 rings (SSSR count). The van der Waals surface area contributed by atoms with Gasteiger partial charge in [-0.1, -0.05) is 0 Å². The molecule has 0 aliphatic carbocycles. The van der Waals surface area contributed by atoms with E-state index in [0.717, 1.165) is 23.7 Å². The standard InChI is InChI=1S/C6H12O2S2/c7-6(8)3-1-2-4-10-5-9/h9H,1-5H2,(H,7,8). The molecular weight excluding hydrogens is 168 g/mol. The van der Waals surface area contributed by atoms with Gasteiger partial charge >= 0.3 is 5.97 Å². The lowest BCUT2D eigenvalue weighted by Gasteiger charge is -1.95. The van der Waals surface area contributed by atoms with E-state index in [4.69, 9.17) is 5.11 Å². The van der Waals surface area contributed by atoms with E-state index in [1.54, 1.807) is 11.8 Å². The van der Waals surface area contributed by atoms with Gasteiger partial charge in [-0.25, -0.2) is 0 Å². The Balaban J connectivity index is 2.84. The van der Waals surface area contributed by atoms with Gasteiger partial charge in [0.05, 0.1) is 0 Å². The molecule has 0 aliphatic heterocycles. The van der Waals surface area contributed by atoms with Crippen molar-refractivity contribution in [1.82, 2.24) is 0 Å². The van der Waals surface area contributed by atoms with E-state index in [-0.39, 0.29) is 0 Å². The third-order valence-electron chi connectivity index (χ3n) is 1.02. The summed E-state index contributed by atoms with van der Waals surface area (Å²) in [5, 5.41) is 9.07. The van der Waals surface area contributed by atoms with Crippen LogP contribution in [0.2, 0.25) is 0 Å². The third-order valence-corrected chi connectivity index (χ3v) is 2.33. The van der Waals surface area contributed by atoms with Crippen molar-refractivity contribution in [3.63, 3.8) is 0 Å². The number of hydrogen-bond acceptors (Lipinski definition) is 3. The first kappa shape index (κ1) is 10.2. The van der Waals surface area contributed by atoms with Crippen LogP contribution in [-0.4, -0.2) is 21.9 Å². The Morgan fingerprint density at radius 3 is 2.70 bits per heavy atom. The zero-order chi connectivity index (χ0) is 7.82. The molecule has 1 N–H and O–H groups in total. The number of carboxylic acid groups (broad SMARTS) is 1. The van der Waals surface area contributed by atoms with E-state index < -0.39 is 5.97 Å². The van der Waals surface area contributed by atoms with Crippen molar-refractivity contribution < 1.29 is 9.90 Å².